The maximum atomic E-state index is 14.9. The molecule has 1 aliphatic heterocycles. The van der Waals surface area contributed by atoms with Crippen molar-refractivity contribution in [3.63, 3.8) is 0 Å². The minimum Gasteiger partial charge on any atom is -0.444 e. The zero-order valence-corrected chi connectivity index (χ0v) is 29.4. The Morgan fingerprint density at radius 3 is 2.44 bits per heavy atom. The van der Waals surface area contributed by atoms with Gasteiger partial charge in [-0.2, -0.15) is 13.2 Å². The van der Waals surface area contributed by atoms with Crippen molar-refractivity contribution in [1.82, 2.24) is 29.9 Å². The Bertz CT molecular complexity index is 1940. The average molecular weight is 728 g/mol. The van der Waals surface area contributed by atoms with Gasteiger partial charge in [-0.25, -0.2) is 19.2 Å². The molecule has 1 aliphatic rings. The molecule has 0 aliphatic carbocycles. The van der Waals surface area contributed by atoms with Gasteiger partial charge >= 0.3 is 12.7 Å². The van der Waals surface area contributed by atoms with Crippen LogP contribution in [0.4, 0.5) is 33.9 Å². The van der Waals surface area contributed by atoms with E-state index in [0.717, 1.165) is 17.7 Å². The fourth-order valence-corrected chi connectivity index (χ4v) is 5.85. The Labute approximate surface area is 297 Å². The minimum absolute atomic E-state index is 0.127. The highest BCUT2D eigenvalue weighted by molar-refractivity contribution is 5.96. The first kappa shape index (κ1) is 37.8. The number of nitrogens with zero attached hydrogens (tertiary/aromatic N) is 4. The molecule has 0 spiro atoms. The number of aryl methyl sites for hydroxylation is 1. The van der Waals surface area contributed by atoms with Crippen molar-refractivity contribution in [3.05, 3.63) is 71.7 Å². The molecule has 5 rings (SSSR count). The van der Waals surface area contributed by atoms with Crippen LogP contribution in [0.1, 0.15) is 63.4 Å². The Balaban J connectivity index is 1.19. The van der Waals surface area contributed by atoms with Gasteiger partial charge in [-0.15, -0.1) is 0 Å². The number of benzene rings is 2. The van der Waals surface area contributed by atoms with E-state index in [2.05, 4.69) is 30.7 Å². The number of ether oxygens (including phenoxy) is 2. The molecule has 1 saturated heterocycles. The number of anilines is 2. The van der Waals surface area contributed by atoms with Crippen molar-refractivity contribution < 1.29 is 41.4 Å². The molecule has 12 nitrogen and oxygen atoms in total. The maximum absolute atomic E-state index is 14.9. The molecule has 278 valence electrons. The molecule has 1 unspecified atom stereocenters. The van der Waals surface area contributed by atoms with Crippen molar-refractivity contribution in [3.8, 4) is 17.0 Å². The van der Waals surface area contributed by atoms with Gasteiger partial charge in [0.25, 0.3) is 5.91 Å². The van der Waals surface area contributed by atoms with Gasteiger partial charge in [0.05, 0.1) is 11.9 Å². The normalized spacial score (nSPS) is 14.3. The summed E-state index contributed by atoms with van der Waals surface area (Å²) in [5.74, 6) is -4.24. The third-order valence-electron chi connectivity index (χ3n) is 8.44. The predicted octanol–water partition coefficient (Wildman–Crippen LogP) is 6.46. The number of imidazole rings is 1. The number of aromatic nitrogens is 3. The number of hydrogen-bond donors (Lipinski definition) is 3. The fraction of sp³-hybridized carbons (Fsp3) is 0.417. The zero-order valence-electron chi connectivity index (χ0n) is 29.4. The van der Waals surface area contributed by atoms with E-state index >= 15 is 0 Å². The molecule has 16 heteroatoms. The monoisotopic (exact) mass is 727 g/mol. The fourth-order valence-electron chi connectivity index (χ4n) is 5.85. The van der Waals surface area contributed by atoms with E-state index in [4.69, 9.17) is 4.74 Å². The van der Waals surface area contributed by atoms with Crippen LogP contribution in [0.2, 0.25) is 0 Å². The second kappa shape index (κ2) is 15.9. The van der Waals surface area contributed by atoms with Crippen LogP contribution in [0.25, 0.3) is 16.9 Å². The van der Waals surface area contributed by atoms with E-state index in [1.165, 1.54) is 23.0 Å². The standard InChI is InChI=1S/C36H41F4N7O5/c1-6-21-17-23(45-30-31-42-19-26(47(31)16-13-41-30)25-9-10-27(51-34(39)40)29(38)28(25)37)7-8-24(21)33(49)44-20(2)18-43-32(48)22-11-14-46(15-12-22)35(50)52-36(3,4)5/h7-10,13,16-17,19-20,22,34H,6,11-12,14-15,18H2,1-5H3,(H,41,45)(H,43,48)(H,44,49). The number of alkyl halides is 2. The second-order valence-electron chi connectivity index (χ2n) is 13.4. The lowest BCUT2D eigenvalue weighted by Crippen LogP contribution is -2.47. The lowest BCUT2D eigenvalue weighted by molar-refractivity contribution is -0.126. The Morgan fingerprint density at radius 1 is 1.04 bits per heavy atom. The lowest BCUT2D eigenvalue weighted by atomic mass is 9.96. The quantitative estimate of drug-likeness (QED) is 0.150. The van der Waals surface area contributed by atoms with Crippen LogP contribution in [0.15, 0.2) is 48.9 Å². The van der Waals surface area contributed by atoms with E-state index in [1.54, 1.807) is 30.0 Å². The van der Waals surface area contributed by atoms with Crippen LogP contribution in [0.3, 0.4) is 0 Å². The summed E-state index contributed by atoms with van der Waals surface area (Å²) in [6.07, 6.45) is 5.40. The van der Waals surface area contributed by atoms with Crippen LogP contribution in [0.5, 0.6) is 5.75 Å². The van der Waals surface area contributed by atoms with Crippen molar-refractivity contribution in [2.24, 2.45) is 5.92 Å². The average Bonchev–Trinajstić information content (AvgIpc) is 3.53. The van der Waals surface area contributed by atoms with Crippen molar-refractivity contribution in [2.75, 3.05) is 25.0 Å². The van der Waals surface area contributed by atoms with Gasteiger partial charge in [-0.3, -0.25) is 14.0 Å². The van der Waals surface area contributed by atoms with Gasteiger partial charge in [-0.05, 0) is 82.9 Å². The number of halogens is 4. The number of carbonyl (C=O) groups is 3. The Hall–Kier alpha value is -5.41. The van der Waals surface area contributed by atoms with Gasteiger partial charge in [0.1, 0.15) is 5.60 Å². The molecule has 1 atom stereocenters. The van der Waals surface area contributed by atoms with E-state index in [0.29, 0.717) is 43.6 Å². The number of hydrogen-bond acceptors (Lipinski definition) is 8. The summed E-state index contributed by atoms with van der Waals surface area (Å²) in [5, 5.41) is 9.01. The summed E-state index contributed by atoms with van der Waals surface area (Å²) in [4.78, 5) is 48.7. The molecule has 4 aromatic rings. The van der Waals surface area contributed by atoms with E-state index in [9.17, 15) is 31.9 Å². The van der Waals surface area contributed by atoms with Crippen LogP contribution in [0, 0.1) is 17.6 Å². The second-order valence-corrected chi connectivity index (χ2v) is 13.4. The van der Waals surface area contributed by atoms with Crippen molar-refractivity contribution in [2.45, 2.75) is 72.1 Å². The SMILES string of the molecule is CCc1cc(Nc2nccn3c(-c4ccc(OC(F)F)c(F)c4F)cnc23)ccc1C(=O)NC(C)CNC(=O)C1CCN(C(=O)OC(C)(C)C)CC1. The summed E-state index contributed by atoms with van der Waals surface area (Å²) in [6.45, 7) is 6.88. The smallest absolute Gasteiger partial charge is 0.410 e. The number of fused-ring (bicyclic) bond motifs is 1. The molecule has 52 heavy (non-hydrogen) atoms. The van der Waals surface area contributed by atoms with Crippen LogP contribution in [-0.4, -0.2) is 75.1 Å². The Kier molecular flexibility index (Phi) is 11.5. The van der Waals surface area contributed by atoms with Gasteiger partial charge in [0.2, 0.25) is 11.7 Å². The molecular weight excluding hydrogens is 686 g/mol. The number of amides is 3. The number of nitrogens with one attached hydrogen (secondary N) is 3. The third-order valence-corrected chi connectivity index (χ3v) is 8.44. The molecule has 3 amide bonds. The highest BCUT2D eigenvalue weighted by Crippen LogP contribution is 2.32. The summed E-state index contributed by atoms with van der Waals surface area (Å²) >= 11 is 0. The first-order valence-electron chi connectivity index (χ1n) is 16.9. The zero-order chi connectivity index (χ0) is 37.7. The Morgan fingerprint density at radius 2 is 1.77 bits per heavy atom. The number of carbonyl (C=O) groups excluding carboxylic acids is 3. The van der Waals surface area contributed by atoms with Crippen LogP contribution < -0.4 is 20.7 Å². The molecule has 0 radical (unpaired) electrons. The molecular formula is C36H41F4N7O5. The van der Waals surface area contributed by atoms with Crippen molar-refractivity contribution >= 4 is 35.1 Å². The van der Waals surface area contributed by atoms with E-state index < -0.39 is 29.6 Å². The number of rotatable bonds is 11. The predicted molar refractivity (Wildman–Crippen MR) is 185 cm³/mol. The summed E-state index contributed by atoms with van der Waals surface area (Å²) < 4.78 is 65.5. The van der Waals surface area contributed by atoms with Gasteiger partial charge in [-0.1, -0.05) is 6.92 Å². The lowest BCUT2D eigenvalue weighted by Gasteiger charge is -2.33. The molecule has 2 aromatic heterocycles. The first-order valence-corrected chi connectivity index (χ1v) is 16.9. The molecule has 3 heterocycles. The molecule has 2 aromatic carbocycles. The molecule has 0 saturated carbocycles. The van der Waals surface area contributed by atoms with E-state index in [1.807, 2.05) is 27.7 Å². The highest BCUT2D eigenvalue weighted by atomic mass is 19.3. The first-order chi connectivity index (χ1) is 24.6. The van der Waals surface area contributed by atoms with Crippen LogP contribution in [-0.2, 0) is 16.0 Å². The summed E-state index contributed by atoms with van der Waals surface area (Å²) in [6, 6.07) is 6.81. The topological polar surface area (TPSA) is 139 Å². The van der Waals surface area contributed by atoms with Crippen LogP contribution >= 0.6 is 0 Å². The van der Waals surface area contributed by atoms with Gasteiger partial charge in [0, 0.05) is 60.8 Å². The third kappa shape index (κ3) is 8.90. The number of piperidine rings is 1. The summed E-state index contributed by atoms with van der Waals surface area (Å²) in [7, 11) is 0. The molecule has 0 bridgehead atoms. The largest absolute Gasteiger partial charge is 0.444 e. The summed E-state index contributed by atoms with van der Waals surface area (Å²) in [5.41, 5.74) is 1.38. The number of likely N-dealkylation sites (tertiary alicyclic amines) is 1. The maximum Gasteiger partial charge on any atom is 0.410 e. The van der Waals surface area contributed by atoms with Crippen molar-refractivity contribution in [1.29, 1.82) is 0 Å². The molecule has 1 fully saturated rings. The highest BCUT2D eigenvalue weighted by Gasteiger charge is 2.30. The van der Waals surface area contributed by atoms with Gasteiger partial charge in [0.15, 0.2) is 23.0 Å². The van der Waals surface area contributed by atoms with E-state index in [-0.39, 0.29) is 59.1 Å². The molecule has 3 N–H and O–H groups in total. The van der Waals surface area contributed by atoms with Gasteiger partial charge < -0.3 is 30.3 Å². The minimum atomic E-state index is -3.31.